The van der Waals surface area contributed by atoms with Crippen molar-refractivity contribution in [2.45, 2.75) is 18.9 Å². The largest absolute Gasteiger partial charge is 0.395 e. The molecule has 0 radical (unpaired) electrons. The predicted octanol–water partition coefficient (Wildman–Crippen LogP) is 0.412. The number of nitriles is 1. The zero-order valence-corrected chi connectivity index (χ0v) is 11.5. The Morgan fingerprint density at radius 3 is 3.05 bits per heavy atom. The van der Waals surface area contributed by atoms with Crippen molar-refractivity contribution in [2.75, 3.05) is 31.1 Å². The molecule has 2 heterocycles. The van der Waals surface area contributed by atoms with Crippen LogP contribution in [0, 0.1) is 21.4 Å². The zero-order chi connectivity index (χ0) is 15.2. The third-order valence-corrected chi connectivity index (χ3v) is 3.46. The fourth-order valence-electron chi connectivity index (χ4n) is 2.46. The molecule has 1 atom stereocenters. The number of aromatic nitrogens is 1. The van der Waals surface area contributed by atoms with Gasteiger partial charge in [0.15, 0.2) is 0 Å². The summed E-state index contributed by atoms with van der Waals surface area (Å²) in [6.45, 7) is 1.82. The maximum absolute atomic E-state index is 10.7. The molecule has 1 saturated heterocycles. The van der Waals surface area contributed by atoms with Gasteiger partial charge in [-0.05, 0) is 19.4 Å². The number of nitrogens with zero attached hydrogens (tertiary/aromatic N) is 4. The second kappa shape index (κ2) is 6.97. The highest BCUT2D eigenvalue weighted by molar-refractivity contribution is 5.57. The molecule has 112 valence electrons. The summed E-state index contributed by atoms with van der Waals surface area (Å²) in [6.07, 6.45) is 3.26. The summed E-state index contributed by atoms with van der Waals surface area (Å²) in [6, 6.07) is 3.44. The van der Waals surface area contributed by atoms with E-state index in [2.05, 4.69) is 10.3 Å². The van der Waals surface area contributed by atoms with E-state index in [0.29, 0.717) is 18.9 Å². The van der Waals surface area contributed by atoms with E-state index in [-0.39, 0.29) is 23.9 Å². The summed E-state index contributed by atoms with van der Waals surface area (Å²) in [5.41, 5.74) is -0.0612. The van der Waals surface area contributed by atoms with Crippen molar-refractivity contribution in [3.05, 3.63) is 27.9 Å². The molecular formula is C13H17N5O3. The normalized spacial score (nSPS) is 17.4. The quantitative estimate of drug-likeness (QED) is 0.576. The lowest BCUT2D eigenvalue weighted by molar-refractivity contribution is -0.385. The van der Waals surface area contributed by atoms with Crippen LogP contribution >= 0.6 is 0 Å². The lowest BCUT2D eigenvalue weighted by Gasteiger charge is -2.26. The van der Waals surface area contributed by atoms with E-state index >= 15 is 0 Å². The molecule has 1 aliphatic rings. The van der Waals surface area contributed by atoms with Crippen LogP contribution in [0.5, 0.6) is 0 Å². The molecule has 1 aliphatic heterocycles. The average molecular weight is 291 g/mol. The van der Waals surface area contributed by atoms with Crippen LogP contribution in [0.2, 0.25) is 0 Å². The third-order valence-electron chi connectivity index (χ3n) is 3.46. The monoisotopic (exact) mass is 291 g/mol. The van der Waals surface area contributed by atoms with Crippen molar-refractivity contribution in [3.63, 3.8) is 0 Å². The molecule has 0 spiro atoms. The van der Waals surface area contributed by atoms with Crippen LogP contribution in [0.3, 0.4) is 0 Å². The van der Waals surface area contributed by atoms with Crippen molar-refractivity contribution in [3.8, 4) is 6.07 Å². The minimum absolute atomic E-state index is 0.0732. The van der Waals surface area contributed by atoms with Gasteiger partial charge in [0, 0.05) is 25.2 Å². The molecule has 1 fully saturated rings. The molecule has 21 heavy (non-hydrogen) atoms. The second-order valence-corrected chi connectivity index (χ2v) is 4.90. The molecule has 0 saturated carbocycles. The lowest BCUT2D eigenvalue weighted by Crippen LogP contribution is -2.39. The Labute approximate surface area is 122 Å². The number of hydrogen-bond acceptors (Lipinski definition) is 7. The summed E-state index contributed by atoms with van der Waals surface area (Å²) in [7, 11) is 0. The lowest BCUT2D eigenvalue weighted by atomic mass is 10.2. The first-order chi connectivity index (χ1) is 10.2. The van der Waals surface area contributed by atoms with Crippen LogP contribution in [0.1, 0.15) is 18.4 Å². The fraction of sp³-hybridized carbons (Fsp3) is 0.538. The van der Waals surface area contributed by atoms with Gasteiger partial charge in [0.1, 0.15) is 23.6 Å². The molecule has 2 N–H and O–H groups in total. The van der Waals surface area contributed by atoms with E-state index in [4.69, 9.17) is 0 Å². The molecule has 1 aromatic rings. The van der Waals surface area contributed by atoms with Crippen molar-refractivity contribution in [2.24, 2.45) is 0 Å². The zero-order valence-electron chi connectivity index (χ0n) is 11.5. The van der Waals surface area contributed by atoms with Crippen LogP contribution in [-0.4, -0.2) is 47.3 Å². The summed E-state index contributed by atoms with van der Waals surface area (Å²) in [4.78, 5) is 16.0. The van der Waals surface area contributed by atoms with Crippen LogP contribution in [0.4, 0.5) is 11.5 Å². The summed E-state index contributed by atoms with van der Waals surface area (Å²) < 4.78 is 0. The number of aliphatic hydroxyl groups excluding tert-OH is 1. The Bertz CT molecular complexity index is 551. The topological polar surface area (TPSA) is 115 Å². The molecule has 8 heteroatoms. The van der Waals surface area contributed by atoms with Gasteiger partial charge in [-0.1, -0.05) is 0 Å². The van der Waals surface area contributed by atoms with Crippen LogP contribution in [0.15, 0.2) is 12.3 Å². The summed E-state index contributed by atoms with van der Waals surface area (Å²) in [5.74, 6) is 0.380. The van der Waals surface area contributed by atoms with E-state index in [9.17, 15) is 20.5 Å². The van der Waals surface area contributed by atoms with E-state index < -0.39 is 4.92 Å². The first kappa shape index (κ1) is 15.2. The van der Waals surface area contributed by atoms with Crippen molar-refractivity contribution in [1.29, 1.82) is 5.26 Å². The summed E-state index contributed by atoms with van der Waals surface area (Å²) >= 11 is 0. The number of nitro groups is 1. The minimum Gasteiger partial charge on any atom is -0.395 e. The van der Waals surface area contributed by atoms with Gasteiger partial charge in [0.05, 0.1) is 11.5 Å². The van der Waals surface area contributed by atoms with Crippen molar-refractivity contribution < 1.29 is 10.0 Å². The molecule has 8 nitrogen and oxygen atoms in total. The van der Waals surface area contributed by atoms with Gasteiger partial charge in [-0.2, -0.15) is 5.26 Å². The smallest absolute Gasteiger partial charge is 0.289 e. The first-order valence-corrected chi connectivity index (χ1v) is 6.79. The number of aliphatic hydroxyl groups is 1. The van der Waals surface area contributed by atoms with E-state index in [1.54, 1.807) is 4.90 Å². The van der Waals surface area contributed by atoms with E-state index in [1.807, 2.05) is 6.07 Å². The van der Waals surface area contributed by atoms with Gasteiger partial charge >= 0.3 is 0 Å². The number of rotatable bonds is 6. The molecule has 0 aliphatic carbocycles. The van der Waals surface area contributed by atoms with Crippen LogP contribution in [0.25, 0.3) is 0 Å². The molecule has 0 bridgehead atoms. The highest BCUT2D eigenvalue weighted by atomic mass is 16.6. The highest BCUT2D eigenvalue weighted by Crippen LogP contribution is 2.22. The Morgan fingerprint density at radius 1 is 1.67 bits per heavy atom. The molecule has 1 unspecified atom stereocenters. The number of hydrogen-bond donors (Lipinski definition) is 2. The van der Waals surface area contributed by atoms with Crippen molar-refractivity contribution >= 4 is 11.5 Å². The van der Waals surface area contributed by atoms with Gasteiger partial charge in [0.2, 0.25) is 0 Å². The average Bonchev–Trinajstić information content (AvgIpc) is 2.99. The second-order valence-electron chi connectivity index (χ2n) is 4.90. The molecular weight excluding hydrogens is 274 g/mol. The first-order valence-electron chi connectivity index (χ1n) is 6.79. The molecule has 1 aromatic heterocycles. The number of anilines is 1. The van der Waals surface area contributed by atoms with Gasteiger partial charge < -0.3 is 15.3 Å². The molecule has 0 aromatic carbocycles. The van der Waals surface area contributed by atoms with Gasteiger partial charge in [-0.25, -0.2) is 4.98 Å². The molecule has 0 amide bonds. The van der Waals surface area contributed by atoms with Crippen LogP contribution in [-0.2, 0) is 0 Å². The van der Waals surface area contributed by atoms with Gasteiger partial charge in [-0.15, -0.1) is 0 Å². The Morgan fingerprint density at radius 2 is 2.48 bits per heavy atom. The Hall–Kier alpha value is -2.24. The number of pyridine rings is 1. The predicted molar refractivity (Wildman–Crippen MR) is 75.9 cm³/mol. The number of nitrogens with one attached hydrogen (secondary N) is 1. The Kier molecular flexibility index (Phi) is 5.03. The van der Waals surface area contributed by atoms with E-state index in [0.717, 1.165) is 25.6 Å². The SMILES string of the molecule is N#Cc1cc([N+](=O)[O-])cnc1N(CCO)CC1CCCN1. The van der Waals surface area contributed by atoms with Crippen molar-refractivity contribution in [1.82, 2.24) is 10.3 Å². The highest BCUT2D eigenvalue weighted by Gasteiger charge is 2.22. The molecule has 2 rings (SSSR count). The summed E-state index contributed by atoms with van der Waals surface area (Å²) in [5, 5.41) is 32.5. The standard InChI is InChI=1S/C13H17N5O3/c14-7-10-6-12(18(20)21)8-16-13(10)17(4-5-19)9-11-2-1-3-15-11/h6,8,11,15,19H,1-5,9H2. The van der Waals surface area contributed by atoms with Gasteiger partial charge in [0.25, 0.3) is 5.69 Å². The van der Waals surface area contributed by atoms with Crippen LogP contribution < -0.4 is 10.2 Å². The maximum atomic E-state index is 10.7. The minimum atomic E-state index is -0.577. The third kappa shape index (κ3) is 3.65. The van der Waals surface area contributed by atoms with Gasteiger partial charge in [-0.3, -0.25) is 10.1 Å². The van der Waals surface area contributed by atoms with E-state index in [1.165, 1.54) is 6.07 Å². The Balaban J connectivity index is 2.26. The fourth-order valence-corrected chi connectivity index (χ4v) is 2.46. The maximum Gasteiger partial charge on any atom is 0.289 e.